The molecule has 0 atom stereocenters. The van der Waals surface area contributed by atoms with E-state index in [1.54, 1.807) is 31.4 Å². The van der Waals surface area contributed by atoms with E-state index in [0.717, 1.165) is 23.5 Å². The standard InChI is InChI=1S/C21H25NO4/c1-3-13-26-18-9-7-17(8-10-18)20(23)11-12-21(24)22-15-16-5-4-6-19(14-16)25-2/h4-10,14H,3,11-13,15H2,1-2H3,(H,22,24). The number of carbonyl (C=O) groups excluding carboxylic acids is 2. The smallest absolute Gasteiger partial charge is 0.220 e. The van der Waals surface area contributed by atoms with Gasteiger partial charge in [-0.1, -0.05) is 19.1 Å². The average molecular weight is 355 g/mol. The largest absolute Gasteiger partial charge is 0.497 e. The molecule has 0 radical (unpaired) electrons. The molecule has 2 aromatic carbocycles. The first-order valence-electron chi connectivity index (χ1n) is 8.78. The number of hydrogen-bond acceptors (Lipinski definition) is 4. The zero-order chi connectivity index (χ0) is 18.8. The predicted octanol–water partition coefficient (Wildman–Crippen LogP) is 3.76. The summed E-state index contributed by atoms with van der Waals surface area (Å²) in [5.74, 6) is 1.30. The van der Waals surface area contributed by atoms with E-state index in [1.807, 2.05) is 31.2 Å². The summed E-state index contributed by atoms with van der Waals surface area (Å²) in [5.41, 5.74) is 1.54. The van der Waals surface area contributed by atoms with Gasteiger partial charge < -0.3 is 14.8 Å². The number of carbonyl (C=O) groups is 2. The van der Waals surface area contributed by atoms with Gasteiger partial charge in [0.1, 0.15) is 11.5 Å². The van der Waals surface area contributed by atoms with Crippen molar-refractivity contribution < 1.29 is 19.1 Å². The van der Waals surface area contributed by atoms with Crippen LogP contribution in [0.2, 0.25) is 0 Å². The van der Waals surface area contributed by atoms with Crippen LogP contribution in [0.15, 0.2) is 48.5 Å². The van der Waals surface area contributed by atoms with E-state index in [0.29, 0.717) is 18.7 Å². The van der Waals surface area contributed by atoms with Crippen molar-refractivity contribution in [2.45, 2.75) is 32.7 Å². The number of benzene rings is 2. The molecule has 0 saturated carbocycles. The summed E-state index contributed by atoms with van der Waals surface area (Å²) in [6.45, 7) is 3.10. The molecule has 0 aliphatic rings. The van der Waals surface area contributed by atoms with Crippen LogP contribution in [0.5, 0.6) is 11.5 Å². The maximum absolute atomic E-state index is 12.2. The van der Waals surface area contributed by atoms with Gasteiger partial charge in [0.05, 0.1) is 13.7 Å². The molecule has 0 aromatic heterocycles. The number of hydrogen-bond donors (Lipinski definition) is 1. The van der Waals surface area contributed by atoms with Crippen LogP contribution in [0, 0.1) is 0 Å². The first kappa shape index (κ1) is 19.5. The van der Waals surface area contributed by atoms with E-state index in [-0.39, 0.29) is 24.5 Å². The van der Waals surface area contributed by atoms with Crippen LogP contribution in [0.4, 0.5) is 0 Å². The molecule has 2 aromatic rings. The van der Waals surface area contributed by atoms with Gasteiger partial charge in [-0.3, -0.25) is 9.59 Å². The number of Topliss-reactive ketones (excluding diaryl/α,β-unsaturated/α-hetero) is 1. The number of nitrogens with one attached hydrogen (secondary N) is 1. The van der Waals surface area contributed by atoms with E-state index < -0.39 is 0 Å². The Hall–Kier alpha value is -2.82. The molecule has 26 heavy (non-hydrogen) atoms. The summed E-state index contributed by atoms with van der Waals surface area (Å²) in [6, 6.07) is 14.5. The highest BCUT2D eigenvalue weighted by molar-refractivity contribution is 5.98. The minimum absolute atomic E-state index is 0.0522. The predicted molar refractivity (Wildman–Crippen MR) is 101 cm³/mol. The molecule has 0 heterocycles. The van der Waals surface area contributed by atoms with Gasteiger partial charge in [0, 0.05) is 24.9 Å². The summed E-state index contributed by atoms with van der Waals surface area (Å²) in [7, 11) is 1.60. The molecule has 2 rings (SSSR count). The number of ketones is 1. The maximum atomic E-state index is 12.2. The lowest BCUT2D eigenvalue weighted by molar-refractivity contribution is -0.121. The normalized spacial score (nSPS) is 10.2. The van der Waals surface area contributed by atoms with Gasteiger partial charge in [-0.15, -0.1) is 0 Å². The molecule has 0 saturated heterocycles. The Labute approximate surface area is 154 Å². The molecule has 0 aliphatic carbocycles. The molecule has 138 valence electrons. The van der Waals surface area contributed by atoms with Crippen molar-refractivity contribution in [1.29, 1.82) is 0 Å². The van der Waals surface area contributed by atoms with E-state index in [9.17, 15) is 9.59 Å². The molecule has 0 bridgehead atoms. The van der Waals surface area contributed by atoms with Crippen LogP contribution in [-0.2, 0) is 11.3 Å². The second-order valence-corrected chi connectivity index (χ2v) is 5.92. The monoisotopic (exact) mass is 355 g/mol. The van der Waals surface area contributed by atoms with Gasteiger partial charge in [-0.25, -0.2) is 0 Å². The molecular formula is C21H25NO4. The number of methoxy groups -OCH3 is 1. The van der Waals surface area contributed by atoms with Crippen molar-refractivity contribution in [2.24, 2.45) is 0 Å². The Bertz CT molecular complexity index is 725. The van der Waals surface area contributed by atoms with Crippen LogP contribution in [-0.4, -0.2) is 25.4 Å². The second kappa shape index (κ2) is 10.2. The van der Waals surface area contributed by atoms with Crippen LogP contribution in [0.1, 0.15) is 42.1 Å². The van der Waals surface area contributed by atoms with Crippen molar-refractivity contribution in [3.63, 3.8) is 0 Å². The van der Waals surface area contributed by atoms with Gasteiger partial charge in [-0.05, 0) is 48.4 Å². The zero-order valence-corrected chi connectivity index (χ0v) is 15.3. The molecule has 5 nitrogen and oxygen atoms in total. The first-order valence-corrected chi connectivity index (χ1v) is 8.78. The highest BCUT2D eigenvalue weighted by Crippen LogP contribution is 2.15. The summed E-state index contributed by atoms with van der Waals surface area (Å²) in [5, 5.41) is 2.82. The Morgan fingerprint density at radius 2 is 1.77 bits per heavy atom. The molecule has 0 fully saturated rings. The zero-order valence-electron chi connectivity index (χ0n) is 15.3. The topological polar surface area (TPSA) is 64.6 Å². The Morgan fingerprint density at radius 1 is 1.00 bits per heavy atom. The van der Waals surface area contributed by atoms with Gasteiger partial charge in [0.2, 0.25) is 5.91 Å². The number of ether oxygens (including phenoxy) is 2. The lowest BCUT2D eigenvalue weighted by Gasteiger charge is -2.07. The Morgan fingerprint density at radius 3 is 2.46 bits per heavy atom. The van der Waals surface area contributed by atoms with E-state index in [1.165, 1.54) is 0 Å². The number of amides is 1. The summed E-state index contributed by atoms with van der Waals surface area (Å²) < 4.78 is 10.6. The molecular weight excluding hydrogens is 330 g/mol. The van der Waals surface area contributed by atoms with Gasteiger partial charge in [0.25, 0.3) is 0 Å². The molecule has 5 heteroatoms. The quantitative estimate of drug-likeness (QED) is 0.659. The highest BCUT2D eigenvalue weighted by atomic mass is 16.5. The third-order valence-corrected chi connectivity index (χ3v) is 3.85. The van der Waals surface area contributed by atoms with Crippen LogP contribution in [0.25, 0.3) is 0 Å². The molecule has 0 unspecified atom stereocenters. The first-order chi connectivity index (χ1) is 12.6. The molecule has 0 spiro atoms. The summed E-state index contributed by atoms with van der Waals surface area (Å²) >= 11 is 0. The van der Waals surface area contributed by atoms with Crippen LogP contribution < -0.4 is 14.8 Å². The van der Waals surface area contributed by atoms with Crippen molar-refractivity contribution in [3.8, 4) is 11.5 Å². The van der Waals surface area contributed by atoms with E-state index in [2.05, 4.69) is 5.32 Å². The molecule has 1 N–H and O–H groups in total. The fourth-order valence-electron chi connectivity index (χ4n) is 2.40. The summed E-state index contributed by atoms with van der Waals surface area (Å²) in [6.07, 6.45) is 1.28. The lowest BCUT2D eigenvalue weighted by atomic mass is 10.1. The third-order valence-electron chi connectivity index (χ3n) is 3.85. The maximum Gasteiger partial charge on any atom is 0.220 e. The van der Waals surface area contributed by atoms with Gasteiger partial charge >= 0.3 is 0 Å². The van der Waals surface area contributed by atoms with E-state index in [4.69, 9.17) is 9.47 Å². The van der Waals surface area contributed by atoms with Crippen molar-refractivity contribution in [3.05, 3.63) is 59.7 Å². The second-order valence-electron chi connectivity index (χ2n) is 5.92. The summed E-state index contributed by atoms with van der Waals surface area (Å²) in [4.78, 5) is 24.2. The van der Waals surface area contributed by atoms with Gasteiger partial charge in [-0.2, -0.15) is 0 Å². The number of rotatable bonds is 10. The van der Waals surface area contributed by atoms with Crippen molar-refractivity contribution in [1.82, 2.24) is 5.32 Å². The van der Waals surface area contributed by atoms with E-state index >= 15 is 0 Å². The van der Waals surface area contributed by atoms with Crippen LogP contribution >= 0.6 is 0 Å². The van der Waals surface area contributed by atoms with Crippen molar-refractivity contribution in [2.75, 3.05) is 13.7 Å². The van der Waals surface area contributed by atoms with Gasteiger partial charge in [0.15, 0.2) is 5.78 Å². The molecule has 1 amide bonds. The minimum Gasteiger partial charge on any atom is -0.497 e. The van der Waals surface area contributed by atoms with Crippen LogP contribution in [0.3, 0.4) is 0 Å². The Kier molecular flexibility index (Phi) is 7.68. The molecule has 0 aliphatic heterocycles. The SMILES string of the molecule is CCCOc1ccc(C(=O)CCC(=O)NCc2cccc(OC)c2)cc1. The highest BCUT2D eigenvalue weighted by Gasteiger charge is 2.10. The average Bonchev–Trinajstić information content (AvgIpc) is 2.69. The minimum atomic E-state index is -0.149. The fourth-order valence-corrected chi connectivity index (χ4v) is 2.40. The van der Waals surface area contributed by atoms with Crippen molar-refractivity contribution >= 4 is 11.7 Å². The Balaban J connectivity index is 1.76. The lowest BCUT2D eigenvalue weighted by Crippen LogP contribution is -2.23. The fraction of sp³-hybridized carbons (Fsp3) is 0.333. The third kappa shape index (κ3) is 6.24.